The second-order valence-electron chi connectivity index (χ2n) is 8.47. The zero-order valence-corrected chi connectivity index (χ0v) is 19.1. The van der Waals surface area contributed by atoms with Crippen LogP contribution in [0.5, 0.6) is 5.75 Å². The fourth-order valence-corrected chi connectivity index (χ4v) is 6.37. The first kappa shape index (κ1) is 20.7. The molecule has 2 fully saturated rings. The second kappa shape index (κ2) is 8.77. The van der Waals surface area contributed by atoms with Crippen LogP contribution in [0.15, 0.2) is 42.5 Å². The molecule has 5 nitrogen and oxygen atoms in total. The van der Waals surface area contributed by atoms with E-state index in [9.17, 15) is 4.79 Å². The van der Waals surface area contributed by atoms with Crippen molar-refractivity contribution in [1.82, 2.24) is 15.2 Å². The minimum Gasteiger partial charge on any atom is -0.496 e. The summed E-state index contributed by atoms with van der Waals surface area (Å²) in [5, 5.41) is 5.18. The van der Waals surface area contributed by atoms with Crippen molar-refractivity contribution >= 4 is 39.1 Å². The lowest BCUT2D eigenvalue weighted by atomic mass is 9.81. The van der Waals surface area contributed by atoms with Gasteiger partial charge < -0.3 is 10.1 Å². The minimum absolute atomic E-state index is 0.0444. The molecule has 0 spiro atoms. The fraction of sp³-hybridized carbons (Fsp3) is 0.417. The summed E-state index contributed by atoms with van der Waals surface area (Å²) in [5.41, 5.74) is 1.62. The molecule has 7 heteroatoms. The summed E-state index contributed by atoms with van der Waals surface area (Å²) in [6.45, 7) is 0.874. The van der Waals surface area contributed by atoms with Crippen molar-refractivity contribution in [1.29, 1.82) is 0 Å². The molecule has 2 saturated heterocycles. The molecule has 2 atom stereocenters. The molecule has 2 aromatic carbocycles. The summed E-state index contributed by atoms with van der Waals surface area (Å²) in [6.07, 6.45) is 5.57. The van der Waals surface area contributed by atoms with Gasteiger partial charge in [0.25, 0.3) is 5.91 Å². The number of rotatable bonds is 5. The van der Waals surface area contributed by atoms with E-state index >= 15 is 0 Å². The number of aromatic nitrogens is 1. The Hall–Kier alpha value is -2.15. The quantitative estimate of drug-likeness (QED) is 0.569. The molecule has 2 bridgehead atoms. The van der Waals surface area contributed by atoms with Crippen molar-refractivity contribution in [3.8, 4) is 5.75 Å². The van der Waals surface area contributed by atoms with Crippen molar-refractivity contribution in [2.45, 2.75) is 56.8 Å². The number of hydrogen-bond acceptors (Lipinski definition) is 5. The molecular formula is C24H26ClN3O2S. The average molecular weight is 456 g/mol. The highest BCUT2D eigenvalue weighted by molar-refractivity contribution is 7.18. The molecule has 0 saturated carbocycles. The maximum Gasteiger partial charge on any atom is 0.255 e. The zero-order valence-electron chi connectivity index (χ0n) is 17.5. The number of nitrogens with zero attached hydrogens (tertiary/aromatic N) is 2. The van der Waals surface area contributed by atoms with Crippen LogP contribution >= 0.6 is 22.9 Å². The Morgan fingerprint density at radius 1 is 1.23 bits per heavy atom. The first-order valence-corrected chi connectivity index (χ1v) is 12.0. The van der Waals surface area contributed by atoms with Crippen LogP contribution in [0.25, 0.3) is 10.2 Å². The van der Waals surface area contributed by atoms with E-state index in [1.165, 1.54) is 19.3 Å². The number of thiazole rings is 1. The number of halogens is 1. The van der Waals surface area contributed by atoms with Gasteiger partial charge in [0.05, 0.1) is 29.4 Å². The van der Waals surface area contributed by atoms with Gasteiger partial charge in [-0.2, -0.15) is 0 Å². The van der Waals surface area contributed by atoms with Crippen LogP contribution in [0.2, 0.25) is 5.02 Å². The molecule has 3 aromatic rings. The van der Waals surface area contributed by atoms with E-state index < -0.39 is 0 Å². The van der Waals surface area contributed by atoms with E-state index in [4.69, 9.17) is 21.3 Å². The number of fused-ring (bicyclic) bond motifs is 3. The SMILES string of the molecule is COc1ccccc1C(=O)NC1CC2CCCC(C1)N2Cc1nc2ccc(Cl)cc2s1. The smallest absolute Gasteiger partial charge is 0.255 e. The third-order valence-electron chi connectivity index (χ3n) is 6.53. The largest absolute Gasteiger partial charge is 0.496 e. The molecule has 1 N–H and O–H groups in total. The summed E-state index contributed by atoms with van der Waals surface area (Å²) in [7, 11) is 1.60. The summed E-state index contributed by atoms with van der Waals surface area (Å²) in [5.74, 6) is 0.575. The summed E-state index contributed by atoms with van der Waals surface area (Å²) in [4.78, 5) is 20.3. The summed E-state index contributed by atoms with van der Waals surface area (Å²) in [6, 6.07) is 14.5. The Labute approximate surface area is 191 Å². The molecule has 5 rings (SSSR count). The van der Waals surface area contributed by atoms with Crippen LogP contribution in [-0.4, -0.2) is 41.0 Å². The predicted octanol–water partition coefficient (Wildman–Crippen LogP) is 5.27. The maximum atomic E-state index is 12.9. The molecule has 1 amide bonds. The standard InChI is InChI=1S/C24H26ClN3O2S/c1-30-21-8-3-2-7-19(21)24(29)26-16-12-17-5-4-6-18(13-16)28(17)14-23-27-20-10-9-15(25)11-22(20)31-23/h2-3,7-11,16-18H,4-6,12-14H2,1H3,(H,26,29). The van der Waals surface area contributed by atoms with Gasteiger partial charge in [0.2, 0.25) is 0 Å². The van der Waals surface area contributed by atoms with Crippen LogP contribution in [0.4, 0.5) is 0 Å². The number of benzene rings is 2. The molecule has 0 radical (unpaired) electrons. The minimum atomic E-state index is -0.0444. The van der Waals surface area contributed by atoms with Gasteiger partial charge in [-0.15, -0.1) is 11.3 Å². The van der Waals surface area contributed by atoms with Crippen molar-refractivity contribution in [2.75, 3.05) is 7.11 Å². The molecule has 2 aliphatic heterocycles. The topological polar surface area (TPSA) is 54.5 Å². The van der Waals surface area contributed by atoms with Gasteiger partial charge in [-0.25, -0.2) is 4.98 Å². The Kier molecular flexibility index (Phi) is 5.87. The third kappa shape index (κ3) is 4.29. The lowest BCUT2D eigenvalue weighted by Crippen LogP contribution is -2.56. The fourth-order valence-electron chi connectivity index (χ4n) is 5.12. The maximum absolute atomic E-state index is 12.9. The molecule has 3 heterocycles. The highest BCUT2D eigenvalue weighted by Gasteiger charge is 2.39. The zero-order chi connectivity index (χ0) is 21.4. The highest BCUT2D eigenvalue weighted by Crippen LogP contribution is 2.36. The number of amides is 1. The average Bonchev–Trinajstić information content (AvgIpc) is 3.15. The van der Waals surface area contributed by atoms with Crippen LogP contribution in [0.3, 0.4) is 0 Å². The van der Waals surface area contributed by atoms with E-state index in [0.29, 0.717) is 23.4 Å². The van der Waals surface area contributed by atoms with Gasteiger partial charge in [0, 0.05) is 23.1 Å². The lowest BCUT2D eigenvalue weighted by molar-refractivity contribution is 0.0176. The predicted molar refractivity (Wildman–Crippen MR) is 125 cm³/mol. The Balaban J connectivity index is 1.28. The molecule has 31 heavy (non-hydrogen) atoms. The van der Waals surface area contributed by atoms with Crippen LogP contribution < -0.4 is 10.1 Å². The number of para-hydroxylation sites is 1. The number of ether oxygens (including phenoxy) is 1. The molecule has 2 aliphatic rings. The summed E-state index contributed by atoms with van der Waals surface area (Å²) >= 11 is 7.88. The van der Waals surface area contributed by atoms with Gasteiger partial charge in [0.1, 0.15) is 10.8 Å². The molecule has 2 unspecified atom stereocenters. The number of methoxy groups -OCH3 is 1. The van der Waals surface area contributed by atoms with Crippen molar-refractivity contribution in [2.24, 2.45) is 0 Å². The van der Waals surface area contributed by atoms with E-state index in [0.717, 1.165) is 39.6 Å². The van der Waals surface area contributed by atoms with Crippen LogP contribution in [0, 0.1) is 0 Å². The highest BCUT2D eigenvalue weighted by atomic mass is 35.5. The number of carbonyl (C=O) groups is 1. The number of hydrogen-bond donors (Lipinski definition) is 1. The van der Waals surface area contributed by atoms with Gasteiger partial charge in [0.15, 0.2) is 0 Å². The molecule has 162 valence electrons. The lowest BCUT2D eigenvalue weighted by Gasteiger charge is -2.48. The number of carbonyl (C=O) groups excluding carboxylic acids is 1. The van der Waals surface area contributed by atoms with E-state index in [1.807, 2.05) is 42.5 Å². The normalized spacial score (nSPS) is 23.6. The monoisotopic (exact) mass is 455 g/mol. The first-order chi connectivity index (χ1) is 15.1. The van der Waals surface area contributed by atoms with Gasteiger partial charge >= 0.3 is 0 Å². The van der Waals surface area contributed by atoms with Crippen molar-refractivity contribution < 1.29 is 9.53 Å². The molecule has 1 aromatic heterocycles. The van der Waals surface area contributed by atoms with Gasteiger partial charge in [-0.05, 0) is 56.0 Å². The van der Waals surface area contributed by atoms with Crippen LogP contribution in [-0.2, 0) is 6.54 Å². The number of nitrogens with one attached hydrogen (secondary N) is 1. The van der Waals surface area contributed by atoms with Gasteiger partial charge in [-0.3, -0.25) is 9.69 Å². The third-order valence-corrected chi connectivity index (χ3v) is 7.76. The van der Waals surface area contributed by atoms with Crippen molar-refractivity contribution in [3.63, 3.8) is 0 Å². The Morgan fingerprint density at radius 2 is 2.00 bits per heavy atom. The summed E-state index contributed by atoms with van der Waals surface area (Å²) < 4.78 is 6.51. The van der Waals surface area contributed by atoms with Crippen molar-refractivity contribution in [3.05, 3.63) is 58.1 Å². The van der Waals surface area contributed by atoms with Crippen LogP contribution in [0.1, 0.15) is 47.5 Å². The van der Waals surface area contributed by atoms with Gasteiger partial charge in [-0.1, -0.05) is 30.2 Å². The second-order valence-corrected chi connectivity index (χ2v) is 10.0. The molecule has 0 aliphatic carbocycles. The molecular weight excluding hydrogens is 430 g/mol. The van der Waals surface area contributed by atoms with E-state index in [-0.39, 0.29) is 11.9 Å². The van der Waals surface area contributed by atoms with E-state index in [1.54, 1.807) is 18.4 Å². The Morgan fingerprint density at radius 3 is 2.77 bits per heavy atom. The first-order valence-electron chi connectivity index (χ1n) is 10.9. The van der Waals surface area contributed by atoms with E-state index in [2.05, 4.69) is 10.2 Å². The number of piperidine rings is 2. The Bertz CT molecular complexity index is 1090.